The van der Waals surface area contributed by atoms with Gasteiger partial charge in [0.2, 0.25) is 0 Å². The predicted molar refractivity (Wildman–Crippen MR) is 72.1 cm³/mol. The second-order valence-electron chi connectivity index (χ2n) is 5.29. The first kappa shape index (κ1) is 16.6. The van der Waals surface area contributed by atoms with E-state index in [4.69, 9.17) is 4.74 Å². The van der Waals surface area contributed by atoms with Crippen molar-refractivity contribution >= 4 is 6.03 Å². The van der Waals surface area contributed by atoms with Crippen molar-refractivity contribution < 1.29 is 22.7 Å². The summed E-state index contributed by atoms with van der Waals surface area (Å²) in [5.41, 5.74) is 0.524. The van der Waals surface area contributed by atoms with Gasteiger partial charge in [-0.3, -0.25) is 4.68 Å². The first-order chi connectivity index (χ1) is 10.3. The molecule has 1 aromatic heterocycles. The average Bonchev–Trinajstić information content (AvgIpc) is 2.73. The van der Waals surface area contributed by atoms with Crippen LogP contribution in [0.3, 0.4) is 0 Å². The van der Waals surface area contributed by atoms with Gasteiger partial charge in [0, 0.05) is 31.5 Å². The summed E-state index contributed by atoms with van der Waals surface area (Å²) in [6.07, 6.45) is -0.945. The maximum atomic E-state index is 12.2. The molecule has 1 saturated heterocycles. The summed E-state index contributed by atoms with van der Waals surface area (Å²) in [5.74, 6) is 0. The second-order valence-corrected chi connectivity index (χ2v) is 5.29. The Kier molecular flexibility index (Phi) is 5.28. The van der Waals surface area contributed by atoms with Gasteiger partial charge in [0.1, 0.15) is 6.54 Å². The predicted octanol–water partition coefficient (Wildman–Crippen LogP) is 1.77. The highest BCUT2D eigenvalue weighted by Crippen LogP contribution is 2.17. The van der Waals surface area contributed by atoms with Crippen molar-refractivity contribution in [2.45, 2.75) is 38.7 Å². The quantitative estimate of drug-likeness (QED) is 0.923. The molecule has 1 unspecified atom stereocenters. The van der Waals surface area contributed by atoms with Crippen LogP contribution in [-0.2, 0) is 17.8 Å². The van der Waals surface area contributed by atoms with Crippen LogP contribution in [0.5, 0.6) is 0 Å². The number of nitrogens with zero attached hydrogens (tertiary/aromatic N) is 3. The van der Waals surface area contributed by atoms with E-state index in [-0.39, 0.29) is 18.6 Å². The van der Waals surface area contributed by atoms with Crippen molar-refractivity contribution in [3.8, 4) is 0 Å². The lowest BCUT2D eigenvalue weighted by Crippen LogP contribution is -2.45. The van der Waals surface area contributed by atoms with Crippen LogP contribution in [0.2, 0.25) is 0 Å². The zero-order chi connectivity index (χ0) is 16.2. The number of halogens is 3. The number of hydrogen-bond donors (Lipinski definition) is 1. The number of amides is 2. The van der Waals surface area contributed by atoms with E-state index in [0.717, 1.165) is 11.1 Å². The first-order valence-electron chi connectivity index (χ1n) is 7.05. The lowest BCUT2D eigenvalue weighted by Gasteiger charge is -2.26. The maximum Gasteiger partial charge on any atom is 0.408 e. The van der Waals surface area contributed by atoms with Crippen molar-refractivity contribution in [2.75, 3.05) is 19.8 Å². The van der Waals surface area contributed by atoms with Crippen molar-refractivity contribution in [1.82, 2.24) is 20.0 Å². The molecule has 0 bridgehead atoms. The molecule has 0 aromatic carbocycles. The molecular formula is C13H19F3N4O2. The maximum absolute atomic E-state index is 12.2. The van der Waals surface area contributed by atoms with Crippen molar-refractivity contribution in [1.29, 1.82) is 0 Å². The highest BCUT2D eigenvalue weighted by molar-refractivity contribution is 5.74. The number of alkyl halides is 3. The monoisotopic (exact) mass is 320 g/mol. The van der Waals surface area contributed by atoms with Gasteiger partial charge >= 0.3 is 12.2 Å². The minimum Gasteiger partial charge on any atom is -0.379 e. The molecule has 0 radical (unpaired) electrons. The van der Waals surface area contributed by atoms with Crippen LogP contribution in [0, 0.1) is 0 Å². The van der Waals surface area contributed by atoms with E-state index in [1.54, 1.807) is 4.90 Å². The fourth-order valence-corrected chi connectivity index (χ4v) is 2.25. The largest absolute Gasteiger partial charge is 0.408 e. The first-order valence-corrected chi connectivity index (χ1v) is 7.05. The molecule has 1 aliphatic heterocycles. The zero-order valence-corrected chi connectivity index (χ0v) is 12.3. The van der Waals surface area contributed by atoms with Crippen molar-refractivity contribution in [2.24, 2.45) is 0 Å². The molecule has 1 aromatic rings. The third-order valence-corrected chi connectivity index (χ3v) is 3.31. The Balaban J connectivity index is 1.85. The standard InChI is InChI=1S/C13H19F3N4O2/c1-10-8-22-4-2-3-20(10)12(21)17-5-11-6-18-19(7-11)9-13(14,15)16/h6-7,10H,2-5,8-9H2,1H3,(H,17,21). The van der Waals surface area contributed by atoms with Gasteiger partial charge in [-0.15, -0.1) is 0 Å². The summed E-state index contributed by atoms with van der Waals surface area (Å²) in [6, 6.07) is -0.281. The van der Waals surface area contributed by atoms with E-state index in [1.807, 2.05) is 6.92 Å². The molecule has 1 aliphatic rings. The van der Waals surface area contributed by atoms with Gasteiger partial charge in [-0.05, 0) is 13.3 Å². The molecule has 124 valence electrons. The molecule has 1 atom stereocenters. The van der Waals surface area contributed by atoms with Crippen LogP contribution >= 0.6 is 0 Å². The van der Waals surface area contributed by atoms with Crippen LogP contribution < -0.4 is 5.32 Å². The molecule has 2 amide bonds. The summed E-state index contributed by atoms with van der Waals surface area (Å²) in [4.78, 5) is 13.8. The average molecular weight is 320 g/mol. The number of hydrogen-bond acceptors (Lipinski definition) is 3. The summed E-state index contributed by atoms with van der Waals surface area (Å²) in [6.45, 7) is 2.60. The molecule has 2 heterocycles. The van der Waals surface area contributed by atoms with Gasteiger partial charge in [0.05, 0.1) is 18.8 Å². The Morgan fingerprint density at radius 3 is 3.05 bits per heavy atom. The minimum absolute atomic E-state index is 0.0320. The van der Waals surface area contributed by atoms with Gasteiger partial charge in [0.15, 0.2) is 0 Å². The number of rotatable bonds is 3. The van der Waals surface area contributed by atoms with Gasteiger partial charge in [-0.1, -0.05) is 0 Å². The van der Waals surface area contributed by atoms with E-state index in [9.17, 15) is 18.0 Å². The normalized spacial score (nSPS) is 19.8. The number of nitrogens with one attached hydrogen (secondary N) is 1. The Labute approximate surface area is 126 Å². The van der Waals surface area contributed by atoms with Crippen molar-refractivity contribution in [3.05, 3.63) is 18.0 Å². The Morgan fingerprint density at radius 1 is 1.55 bits per heavy atom. The van der Waals surface area contributed by atoms with E-state index in [2.05, 4.69) is 10.4 Å². The second kappa shape index (κ2) is 6.99. The molecule has 0 spiro atoms. The van der Waals surface area contributed by atoms with E-state index >= 15 is 0 Å². The topological polar surface area (TPSA) is 59.4 Å². The van der Waals surface area contributed by atoms with Gasteiger partial charge in [-0.25, -0.2) is 4.79 Å². The fraction of sp³-hybridized carbons (Fsp3) is 0.692. The lowest BCUT2D eigenvalue weighted by atomic mass is 10.3. The lowest BCUT2D eigenvalue weighted by molar-refractivity contribution is -0.142. The molecule has 22 heavy (non-hydrogen) atoms. The summed E-state index contributed by atoms with van der Waals surface area (Å²) >= 11 is 0. The van der Waals surface area contributed by atoms with Gasteiger partial charge in [-0.2, -0.15) is 18.3 Å². The number of carbonyl (C=O) groups is 1. The van der Waals surface area contributed by atoms with Crippen LogP contribution in [0.4, 0.5) is 18.0 Å². The molecular weight excluding hydrogens is 301 g/mol. The molecule has 6 nitrogen and oxygen atoms in total. The van der Waals surface area contributed by atoms with Gasteiger partial charge < -0.3 is 15.0 Å². The van der Waals surface area contributed by atoms with E-state index in [1.165, 1.54) is 12.4 Å². The number of carbonyl (C=O) groups excluding carboxylic acids is 1. The van der Waals surface area contributed by atoms with E-state index < -0.39 is 12.7 Å². The third kappa shape index (κ3) is 4.90. The van der Waals surface area contributed by atoms with Crippen LogP contribution in [0.25, 0.3) is 0 Å². The zero-order valence-electron chi connectivity index (χ0n) is 12.3. The van der Waals surface area contributed by atoms with Crippen LogP contribution in [-0.4, -0.2) is 52.7 Å². The number of aromatic nitrogens is 2. The number of urea groups is 1. The highest BCUT2D eigenvalue weighted by atomic mass is 19.4. The SMILES string of the molecule is CC1COCCCN1C(=O)NCc1cnn(CC(F)(F)F)c1. The number of ether oxygens (including phenoxy) is 1. The molecule has 1 N–H and O–H groups in total. The molecule has 9 heteroatoms. The van der Waals surface area contributed by atoms with Crippen LogP contribution in [0.15, 0.2) is 12.4 Å². The molecule has 2 rings (SSSR count). The minimum atomic E-state index is -4.31. The Bertz CT molecular complexity index is 504. The van der Waals surface area contributed by atoms with E-state index in [0.29, 0.717) is 25.3 Å². The Morgan fingerprint density at radius 2 is 2.32 bits per heavy atom. The van der Waals surface area contributed by atoms with Crippen molar-refractivity contribution in [3.63, 3.8) is 0 Å². The smallest absolute Gasteiger partial charge is 0.379 e. The fourth-order valence-electron chi connectivity index (χ4n) is 2.25. The third-order valence-electron chi connectivity index (χ3n) is 3.31. The Hall–Kier alpha value is -1.77. The molecule has 0 saturated carbocycles. The molecule has 1 fully saturated rings. The molecule has 0 aliphatic carbocycles. The van der Waals surface area contributed by atoms with Crippen LogP contribution in [0.1, 0.15) is 18.9 Å². The summed E-state index contributed by atoms with van der Waals surface area (Å²) in [5, 5.41) is 6.33. The summed E-state index contributed by atoms with van der Waals surface area (Å²) < 4.78 is 42.9. The van der Waals surface area contributed by atoms with Gasteiger partial charge in [0.25, 0.3) is 0 Å². The summed E-state index contributed by atoms with van der Waals surface area (Å²) in [7, 11) is 0. The highest BCUT2D eigenvalue weighted by Gasteiger charge is 2.28.